The second kappa shape index (κ2) is 9.43. The lowest BCUT2D eigenvalue weighted by Crippen LogP contribution is -2.39. The fraction of sp³-hybridized carbons (Fsp3) is 0.600. The zero-order chi connectivity index (χ0) is 21.9. The van der Waals surface area contributed by atoms with E-state index in [9.17, 15) is 9.59 Å². The SMILES string of the molecule is O=C(CCc1nc(C2CCCN2C(=O)C2CC2)no1)N1CCC(Cc2ccccc2)CC1. The standard InChI is InChI=1S/C25H32N4O3/c30-23(28-15-12-19(13-16-28)17-18-5-2-1-3-6-18)11-10-22-26-24(27-32-22)21-7-4-14-29(21)25(31)20-8-9-20/h1-3,5-6,19-21H,4,7-17H2. The molecule has 1 unspecified atom stereocenters. The number of aryl methyl sites for hydroxylation is 1. The number of piperidine rings is 1. The summed E-state index contributed by atoms with van der Waals surface area (Å²) in [6, 6.07) is 10.5. The molecule has 2 saturated heterocycles. The van der Waals surface area contributed by atoms with Crippen molar-refractivity contribution in [2.24, 2.45) is 11.8 Å². The van der Waals surface area contributed by atoms with Gasteiger partial charge in [-0.2, -0.15) is 4.98 Å². The van der Waals surface area contributed by atoms with Crippen molar-refractivity contribution in [3.05, 3.63) is 47.6 Å². The van der Waals surface area contributed by atoms with Gasteiger partial charge < -0.3 is 14.3 Å². The maximum atomic E-state index is 12.7. The number of benzene rings is 1. The number of nitrogens with zero attached hydrogens (tertiary/aromatic N) is 4. The van der Waals surface area contributed by atoms with E-state index < -0.39 is 0 Å². The summed E-state index contributed by atoms with van der Waals surface area (Å²) in [6.07, 6.45) is 7.92. The maximum Gasteiger partial charge on any atom is 0.227 e. The average Bonchev–Trinajstić information content (AvgIpc) is 3.37. The molecule has 0 bridgehead atoms. The van der Waals surface area contributed by atoms with Gasteiger partial charge in [-0.05, 0) is 56.4 Å². The van der Waals surface area contributed by atoms with Gasteiger partial charge >= 0.3 is 0 Å². The summed E-state index contributed by atoms with van der Waals surface area (Å²) in [7, 11) is 0. The monoisotopic (exact) mass is 436 g/mol. The van der Waals surface area contributed by atoms with Gasteiger partial charge in [0.2, 0.25) is 17.7 Å². The van der Waals surface area contributed by atoms with Crippen molar-refractivity contribution < 1.29 is 14.1 Å². The quantitative estimate of drug-likeness (QED) is 0.663. The number of carbonyl (C=O) groups excluding carboxylic acids is 2. The predicted molar refractivity (Wildman–Crippen MR) is 118 cm³/mol. The molecule has 7 nitrogen and oxygen atoms in total. The van der Waals surface area contributed by atoms with E-state index in [-0.39, 0.29) is 23.8 Å². The molecule has 1 aromatic carbocycles. The minimum atomic E-state index is -0.0695. The van der Waals surface area contributed by atoms with Crippen molar-refractivity contribution in [1.29, 1.82) is 0 Å². The van der Waals surface area contributed by atoms with Crippen LogP contribution in [0.4, 0.5) is 0 Å². The van der Waals surface area contributed by atoms with Gasteiger partial charge in [-0.15, -0.1) is 0 Å². The zero-order valence-electron chi connectivity index (χ0n) is 18.6. The Morgan fingerprint density at radius 2 is 1.78 bits per heavy atom. The highest BCUT2D eigenvalue weighted by molar-refractivity contribution is 5.81. The van der Waals surface area contributed by atoms with Crippen LogP contribution in [-0.2, 0) is 22.4 Å². The Labute approximate surface area is 189 Å². The Kier molecular flexibility index (Phi) is 6.23. The fourth-order valence-corrected chi connectivity index (χ4v) is 5.07. The third kappa shape index (κ3) is 4.87. The largest absolute Gasteiger partial charge is 0.343 e. The third-order valence-electron chi connectivity index (χ3n) is 7.13. The molecule has 0 spiro atoms. The topological polar surface area (TPSA) is 79.5 Å². The van der Waals surface area contributed by atoms with Crippen LogP contribution in [0.15, 0.2) is 34.9 Å². The molecule has 7 heteroatoms. The third-order valence-corrected chi connectivity index (χ3v) is 7.13. The number of likely N-dealkylation sites (tertiary alicyclic amines) is 2. The fourth-order valence-electron chi connectivity index (χ4n) is 5.07. The van der Waals surface area contributed by atoms with E-state index in [1.165, 1.54) is 5.56 Å². The highest BCUT2D eigenvalue weighted by Crippen LogP contribution is 2.38. The van der Waals surface area contributed by atoms with Crippen molar-refractivity contribution in [3.63, 3.8) is 0 Å². The molecule has 2 amide bonds. The van der Waals surface area contributed by atoms with Gasteiger partial charge in [0.1, 0.15) is 0 Å². The molecule has 1 saturated carbocycles. The second-order valence-corrected chi connectivity index (χ2v) is 9.52. The summed E-state index contributed by atoms with van der Waals surface area (Å²) in [5, 5.41) is 4.15. The van der Waals surface area contributed by atoms with Gasteiger partial charge in [0.25, 0.3) is 0 Å². The molecular weight excluding hydrogens is 404 g/mol. The van der Waals surface area contributed by atoms with Crippen molar-refractivity contribution >= 4 is 11.8 Å². The van der Waals surface area contributed by atoms with Crippen LogP contribution >= 0.6 is 0 Å². The molecule has 2 aliphatic heterocycles. The Morgan fingerprint density at radius 1 is 1.00 bits per heavy atom. The van der Waals surface area contributed by atoms with Crippen molar-refractivity contribution in [2.45, 2.75) is 63.8 Å². The smallest absolute Gasteiger partial charge is 0.227 e. The molecule has 0 N–H and O–H groups in total. The molecule has 1 aromatic heterocycles. The number of aromatic nitrogens is 2. The lowest BCUT2D eigenvalue weighted by Gasteiger charge is -2.32. The van der Waals surface area contributed by atoms with Crippen LogP contribution in [0.2, 0.25) is 0 Å². The highest BCUT2D eigenvalue weighted by Gasteiger charge is 2.40. The Morgan fingerprint density at radius 3 is 2.53 bits per heavy atom. The van der Waals surface area contributed by atoms with E-state index in [2.05, 4.69) is 40.5 Å². The van der Waals surface area contributed by atoms with Gasteiger partial charge in [-0.25, -0.2) is 0 Å². The van der Waals surface area contributed by atoms with Crippen LogP contribution in [0.5, 0.6) is 0 Å². The Bertz CT molecular complexity index is 932. The number of hydrogen-bond donors (Lipinski definition) is 0. The highest BCUT2D eigenvalue weighted by atomic mass is 16.5. The van der Waals surface area contributed by atoms with Crippen LogP contribution in [0.3, 0.4) is 0 Å². The van der Waals surface area contributed by atoms with Gasteiger partial charge in [0, 0.05) is 38.4 Å². The molecule has 1 atom stereocenters. The number of amides is 2. The molecule has 5 rings (SSSR count). The molecular formula is C25H32N4O3. The van der Waals surface area contributed by atoms with E-state index in [4.69, 9.17) is 4.52 Å². The Balaban J connectivity index is 1.08. The molecule has 3 heterocycles. The minimum absolute atomic E-state index is 0.0695. The summed E-state index contributed by atoms with van der Waals surface area (Å²) in [6.45, 7) is 2.43. The number of carbonyl (C=O) groups is 2. The summed E-state index contributed by atoms with van der Waals surface area (Å²) < 4.78 is 5.43. The number of hydrogen-bond acceptors (Lipinski definition) is 5. The first kappa shape index (κ1) is 21.2. The molecule has 0 radical (unpaired) electrons. The summed E-state index contributed by atoms with van der Waals surface area (Å²) >= 11 is 0. The first-order chi connectivity index (χ1) is 15.7. The first-order valence-electron chi connectivity index (χ1n) is 12.1. The summed E-state index contributed by atoms with van der Waals surface area (Å²) in [5.74, 6) is 2.35. The van der Waals surface area contributed by atoms with E-state index in [1.807, 2.05) is 9.80 Å². The van der Waals surface area contributed by atoms with E-state index in [0.717, 1.165) is 64.6 Å². The molecule has 3 fully saturated rings. The van der Waals surface area contributed by atoms with E-state index in [0.29, 0.717) is 30.5 Å². The van der Waals surface area contributed by atoms with Gasteiger partial charge in [-0.1, -0.05) is 35.5 Å². The van der Waals surface area contributed by atoms with Crippen molar-refractivity contribution in [1.82, 2.24) is 19.9 Å². The van der Waals surface area contributed by atoms with E-state index in [1.54, 1.807) is 0 Å². The van der Waals surface area contributed by atoms with Crippen molar-refractivity contribution in [2.75, 3.05) is 19.6 Å². The molecule has 1 aliphatic carbocycles. The van der Waals surface area contributed by atoms with Crippen LogP contribution < -0.4 is 0 Å². The second-order valence-electron chi connectivity index (χ2n) is 9.52. The van der Waals surface area contributed by atoms with Gasteiger partial charge in [0.05, 0.1) is 6.04 Å². The summed E-state index contributed by atoms with van der Waals surface area (Å²) in [4.78, 5) is 33.7. The van der Waals surface area contributed by atoms with Crippen LogP contribution in [0.25, 0.3) is 0 Å². The lowest BCUT2D eigenvalue weighted by atomic mass is 9.90. The maximum absolute atomic E-state index is 12.7. The van der Waals surface area contributed by atoms with Crippen LogP contribution in [0, 0.1) is 11.8 Å². The normalized spacial score (nSPS) is 21.8. The summed E-state index contributed by atoms with van der Waals surface area (Å²) in [5.41, 5.74) is 1.38. The van der Waals surface area contributed by atoms with Crippen LogP contribution in [0.1, 0.15) is 68.3 Å². The average molecular weight is 437 g/mol. The van der Waals surface area contributed by atoms with Gasteiger partial charge in [0.15, 0.2) is 5.82 Å². The van der Waals surface area contributed by atoms with E-state index >= 15 is 0 Å². The first-order valence-corrected chi connectivity index (χ1v) is 12.1. The predicted octanol–water partition coefficient (Wildman–Crippen LogP) is 3.56. The molecule has 170 valence electrons. The van der Waals surface area contributed by atoms with Crippen molar-refractivity contribution in [3.8, 4) is 0 Å². The molecule has 32 heavy (non-hydrogen) atoms. The molecule has 2 aromatic rings. The zero-order valence-corrected chi connectivity index (χ0v) is 18.6. The molecule has 3 aliphatic rings. The number of rotatable bonds is 7. The lowest BCUT2D eigenvalue weighted by molar-refractivity contribution is -0.134. The Hall–Kier alpha value is -2.70. The van der Waals surface area contributed by atoms with Crippen LogP contribution in [-0.4, -0.2) is 51.4 Å². The van der Waals surface area contributed by atoms with Gasteiger partial charge in [-0.3, -0.25) is 9.59 Å². The minimum Gasteiger partial charge on any atom is -0.343 e.